The largest absolute Gasteiger partial charge is 0.465 e. The second-order valence-corrected chi connectivity index (χ2v) is 5.27. The van der Waals surface area contributed by atoms with Crippen LogP contribution in [0.4, 0.5) is 0 Å². The molecule has 2 N–H and O–H groups in total. The molecule has 21 heavy (non-hydrogen) atoms. The molecule has 0 atom stereocenters. The molecular weight excluding hydrogens is 290 g/mol. The molecule has 1 aromatic heterocycles. The van der Waals surface area contributed by atoms with E-state index in [1.807, 2.05) is 6.92 Å². The molecule has 0 unspecified atom stereocenters. The van der Waals surface area contributed by atoms with Crippen LogP contribution in [0, 0.1) is 6.92 Å². The third kappa shape index (κ3) is 5.71. The molecule has 7 heteroatoms. The fourth-order valence-electron chi connectivity index (χ4n) is 1.70. The number of methoxy groups -OCH3 is 1. The number of furan rings is 1. The average molecular weight is 313 g/mol. The second-order valence-electron chi connectivity index (χ2n) is 4.29. The number of hydrogen-bond acceptors (Lipinski definition) is 5. The van der Waals surface area contributed by atoms with E-state index < -0.39 is 5.97 Å². The summed E-state index contributed by atoms with van der Waals surface area (Å²) in [6.45, 7) is 5.75. The Kier molecular flexibility index (Phi) is 7.74. The fourth-order valence-corrected chi connectivity index (χ4v) is 2.01. The molecule has 1 rings (SSSR count). The summed E-state index contributed by atoms with van der Waals surface area (Å²) in [5, 5.41) is 6.40. The van der Waals surface area contributed by atoms with Gasteiger partial charge < -0.3 is 19.8 Å². The number of guanidine groups is 1. The Balaban J connectivity index is 2.69. The Morgan fingerprint density at radius 3 is 2.86 bits per heavy atom. The highest BCUT2D eigenvalue weighted by molar-refractivity contribution is 7.98. The molecule has 0 aromatic carbocycles. The maximum Gasteiger partial charge on any atom is 0.341 e. The topological polar surface area (TPSA) is 75.9 Å². The van der Waals surface area contributed by atoms with Crippen LogP contribution in [-0.4, -0.2) is 44.1 Å². The van der Waals surface area contributed by atoms with Gasteiger partial charge in [0.05, 0.1) is 7.11 Å². The Morgan fingerprint density at radius 1 is 1.48 bits per heavy atom. The van der Waals surface area contributed by atoms with Crippen molar-refractivity contribution >= 4 is 23.7 Å². The number of nitrogens with zero attached hydrogens (tertiary/aromatic N) is 1. The van der Waals surface area contributed by atoms with Gasteiger partial charge in [-0.25, -0.2) is 9.79 Å². The van der Waals surface area contributed by atoms with Crippen molar-refractivity contribution in [2.75, 3.05) is 32.2 Å². The fraction of sp³-hybridized carbons (Fsp3) is 0.571. The third-order valence-electron chi connectivity index (χ3n) is 2.71. The van der Waals surface area contributed by atoms with Gasteiger partial charge in [0.2, 0.25) is 0 Å². The lowest BCUT2D eigenvalue weighted by Gasteiger charge is -2.09. The lowest BCUT2D eigenvalue weighted by atomic mass is 10.2. The minimum atomic E-state index is -0.392. The molecule has 0 aliphatic rings. The molecule has 0 aliphatic heterocycles. The average Bonchev–Trinajstić information content (AvgIpc) is 2.85. The first kappa shape index (κ1) is 17.4. The van der Waals surface area contributed by atoms with Gasteiger partial charge in [-0.1, -0.05) is 0 Å². The number of aryl methyl sites for hydroxylation is 1. The van der Waals surface area contributed by atoms with E-state index in [9.17, 15) is 4.79 Å². The van der Waals surface area contributed by atoms with Gasteiger partial charge in [0, 0.05) is 18.8 Å². The monoisotopic (exact) mass is 313 g/mol. The highest BCUT2D eigenvalue weighted by atomic mass is 32.2. The van der Waals surface area contributed by atoms with Crippen molar-refractivity contribution in [3.63, 3.8) is 0 Å². The number of ether oxygens (including phenoxy) is 1. The molecule has 0 bridgehead atoms. The molecule has 0 fully saturated rings. The van der Waals surface area contributed by atoms with E-state index in [0.29, 0.717) is 23.6 Å². The first-order valence-corrected chi connectivity index (χ1v) is 8.20. The summed E-state index contributed by atoms with van der Waals surface area (Å²) < 4.78 is 10.2. The molecule has 0 saturated heterocycles. The Morgan fingerprint density at radius 2 is 2.24 bits per heavy atom. The van der Waals surface area contributed by atoms with E-state index in [0.717, 1.165) is 24.8 Å². The molecule has 1 aromatic rings. The number of carbonyl (C=O) groups is 1. The molecule has 0 amide bonds. The number of carbonyl (C=O) groups excluding carboxylic acids is 1. The third-order valence-corrected chi connectivity index (χ3v) is 3.32. The van der Waals surface area contributed by atoms with Crippen LogP contribution in [0.2, 0.25) is 0 Å². The lowest BCUT2D eigenvalue weighted by molar-refractivity contribution is 0.0599. The minimum Gasteiger partial charge on any atom is -0.465 e. The van der Waals surface area contributed by atoms with Crippen molar-refractivity contribution < 1.29 is 13.9 Å². The summed E-state index contributed by atoms with van der Waals surface area (Å²) in [7, 11) is 1.35. The quantitative estimate of drug-likeness (QED) is 0.346. The van der Waals surface area contributed by atoms with Gasteiger partial charge in [-0.3, -0.25) is 0 Å². The van der Waals surface area contributed by atoms with Crippen molar-refractivity contribution in [1.82, 2.24) is 10.6 Å². The van der Waals surface area contributed by atoms with Crippen LogP contribution in [0.1, 0.15) is 28.8 Å². The summed E-state index contributed by atoms with van der Waals surface area (Å²) in [4.78, 5) is 16.0. The summed E-state index contributed by atoms with van der Waals surface area (Å²) in [6.07, 6.45) is 2.06. The SMILES string of the molecule is CCNC(=NCc1cc(C(=O)OC)c(C)o1)NCCSC. The van der Waals surface area contributed by atoms with Gasteiger partial charge in [-0.05, 0) is 26.2 Å². The molecule has 0 saturated carbocycles. The van der Waals surface area contributed by atoms with E-state index in [2.05, 4.69) is 21.9 Å². The minimum absolute atomic E-state index is 0.367. The Hall–Kier alpha value is -1.63. The number of aliphatic imine (C=N–C) groups is 1. The van der Waals surface area contributed by atoms with Crippen LogP contribution in [0.3, 0.4) is 0 Å². The second kappa shape index (κ2) is 9.33. The van der Waals surface area contributed by atoms with Crippen LogP contribution >= 0.6 is 11.8 Å². The summed E-state index contributed by atoms with van der Waals surface area (Å²) in [5.74, 6) is 2.54. The van der Waals surface area contributed by atoms with Crippen LogP contribution in [0.5, 0.6) is 0 Å². The molecule has 0 radical (unpaired) electrons. The van der Waals surface area contributed by atoms with Crippen molar-refractivity contribution in [3.8, 4) is 0 Å². The zero-order valence-corrected chi connectivity index (χ0v) is 13.8. The lowest BCUT2D eigenvalue weighted by Crippen LogP contribution is -2.38. The summed E-state index contributed by atoms with van der Waals surface area (Å²) >= 11 is 1.77. The van der Waals surface area contributed by atoms with Crippen LogP contribution in [0.15, 0.2) is 15.5 Å². The van der Waals surface area contributed by atoms with E-state index in [4.69, 9.17) is 9.15 Å². The summed E-state index contributed by atoms with van der Waals surface area (Å²) in [6, 6.07) is 1.68. The van der Waals surface area contributed by atoms with E-state index in [1.165, 1.54) is 7.11 Å². The molecular formula is C14H23N3O3S. The van der Waals surface area contributed by atoms with Crippen LogP contribution < -0.4 is 10.6 Å². The number of nitrogens with one attached hydrogen (secondary N) is 2. The van der Waals surface area contributed by atoms with Crippen LogP contribution in [0.25, 0.3) is 0 Å². The molecule has 0 spiro atoms. The Bertz CT molecular complexity index is 486. The first-order chi connectivity index (χ1) is 10.1. The van der Waals surface area contributed by atoms with Gasteiger partial charge in [-0.2, -0.15) is 11.8 Å². The van der Waals surface area contributed by atoms with Crippen molar-refractivity contribution in [2.45, 2.75) is 20.4 Å². The highest BCUT2D eigenvalue weighted by Gasteiger charge is 2.15. The van der Waals surface area contributed by atoms with Gasteiger partial charge in [-0.15, -0.1) is 0 Å². The maximum absolute atomic E-state index is 11.5. The highest BCUT2D eigenvalue weighted by Crippen LogP contribution is 2.16. The van der Waals surface area contributed by atoms with Gasteiger partial charge in [0.1, 0.15) is 23.6 Å². The molecule has 6 nitrogen and oxygen atoms in total. The number of rotatable bonds is 7. The molecule has 1 heterocycles. The predicted octanol–water partition coefficient (Wildman–Crippen LogP) is 1.79. The zero-order chi connectivity index (χ0) is 15.7. The maximum atomic E-state index is 11.5. The number of hydrogen-bond donors (Lipinski definition) is 2. The number of thioether (sulfide) groups is 1. The first-order valence-electron chi connectivity index (χ1n) is 6.81. The van der Waals surface area contributed by atoms with E-state index in [1.54, 1.807) is 24.8 Å². The van der Waals surface area contributed by atoms with E-state index in [-0.39, 0.29) is 0 Å². The summed E-state index contributed by atoms with van der Waals surface area (Å²) in [5.41, 5.74) is 0.447. The standard InChI is InChI=1S/C14H23N3O3S/c1-5-15-14(16-6-7-21-4)17-9-11-8-12(10(2)20-11)13(18)19-3/h8H,5-7,9H2,1-4H3,(H2,15,16,17). The van der Waals surface area contributed by atoms with E-state index >= 15 is 0 Å². The normalized spacial score (nSPS) is 11.3. The van der Waals surface area contributed by atoms with Crippen LogP contribution in [-0.2, 0) is 11.3 Å². The zero-order valence-electron chi connectivity index (χ0n) is 13.0. The smallest absolute Gasteiger partial charge is 0.341 e. The molecule has 0 aliphatic carbocycles. The number of esters is 1. The van der Waals surface area contributed by atoms with Gasteiger partial charge in [0.25, 0.3) is 0 Å². The van der Waals surface area contributed by atoms with Gasteiger partial charge >= 0.3 is 5.97 Å². The Labute approximate surface area is 129 Å². The predicted molar refractivity (Wildman–Crippen MR) is 86.0 cm³/mol. The van der Waals surface area contributed by atoms with Crippen molar-refractivity contribution in [2.24, 2.45) is 4.99 Å². The van der Waals surface area contributed by atoms with Gasteiger partial charge in [0.15, 0.2) is 5.96 Å². The molecule has 118 valence electrons. The van der Waals surface area contributed by atoms with Crippen molar-refractivity contribution in [3.05, 3.63) is 23.2 Å². The van der Waals surface area contributed by atoms with Crippen molar-refractivity contribution in [1.29, 1.82) is 0 Å².